The molecule has 1 heterocycles. The SMILES string of the molecule is CN(C)c1ccc(NS(=O)(=O)c2ccc(Br)cc2Cl)cn1. The fourth-order valence-corrected chi connectivity index (χ4v) is 3.70. The molecule has 1 aromatic heterocycles. The average molecular weight is 391 g/mol. The summed E-state index contributed by atoms with van der Waals surface area (Å²) in [5.74, 6) is 0.736. The lowest BCUT2D eigenvalue weighted by Crippen LogP contribution is -2.14. The molecule has 0 atom stereocenters. The third-order valence-corrected chi connectivity index (χ3v) is 5.00. The van der Waals surface area contributed by atoms with Crippen LogP contribution in [0.25, 0.3) is 0 Å². The van der Waals surface area contributed by atoms with Crippen LogP contribution < -0.4 is 9.62 Å². The van der Waals surface area contributed by atoms with Gasteiger partial charge in [-0.25, -0.2) is 13.4 Å². The molecule has 2 rings (SSSR count). The normalized spacial score (nSPS) is 11.2. The average Bonchev–Trinajstić information content (AvgIpc) is 2.38. The Balaban J connectivity index is 2.28. The van der Waals surface area contributed by atoms with Gasteiger partial charge in [-0.3, -0.25) is 4.72 Å². The highest BCUT2D eigenvalue weighted by atomic mass is 79.9. The predicted molar refractivity (Wildman–Crippen MR) is 88.5 cm³/mol. The van der Waals surface area contributed by atoms with Gasteiger partial charge in [-0.05, 0) is 30.3 Å². The summed E-state index contributed by atoms with van der Waals surface area (Å²) in [7, 11) is -0.0404. The van der Waals surface area contributed by atoms with Crippen molar-refractivity contribution < 1.29 is 8.42 Å². The Kier molecular flexibility index (Phi) is 4.75. The maximum atomic E-state index is 12.3. The molecule has 1 N–H and O–H groups in total. The Bertz CT molecular complexity index is 749. The smallest absolute Gasteiger partial charge is 0.263 e. The number of hydrogen-bond acceptors (Lipinski definition) is 4. The molecule has 21 heavy (non-hydrogen) atoms. The topological polar surface area (TPSA) is 62.3 Å². The maximum absolute atomic E-state index is 12.3. The van der Waals surface area contributed by atoms with Crippen molar-refractivity contribution in [2.45, 2.75) is 4.90 Å². The molecule has 0 bridgehead atoms. The molecule has 0 fully saturated rings. The number of rotatable bonds is 4. The Hall–Kier alpha value is -1.31. The van der Waals surface area contributed by atoms with Crippen molar-refractivity contribution in [3.63, 3.8) is 0 Å². The van der Waals surface area contributed by atoms with Crippen LogP contribution in [0.3, 0.4) is 0 Å². The van der Waals surface area contributed by atoms with Gasteiger partial charge < -0.3 is 4.90 Å². The minimum Gasteiger partial charge on any atom is -0.363 e. The number of anilines is 2. The van der Waals surface area contributed by atoms with Crippen molar-refractivity contribution in [3.05, 3.63) is 46.0 Å². The molecule has 1 aromatic carbocycles. The molecule has 0 spiro atoms. The zero-order valence-electron chi connectivity index (χ0n) is 11.3. The Morgan fingerprint density at radius 1 is 1.24 bits per heavy atom. The zero-order chi connectivity index (χ0) is 15.6. The van der Waals surface area contributed by atoms with E-state index in [9.17, 15) is 8.42 Å². The first kappa shape index (κ1) is 16.1. The molecule has 0 aliphatic carbocycles. The summed E-state index contributed by atoms with van der Waals surface area (Å²) in [6, 6.07) is 7.96. The molecule has 0 unspecified atom stereocenters. The summed E-state index contributed by atoms with van der Waals surface area (Å²) in [5, 5.41) is 0.148. The molecule has 0 saturated carbocycles. The Morgan fingerprint density at radius 3 is 2.48 bits per heavy atom. The summed E-state index contributed by atoms with van der Waals surface area (Å²) in [5.41, 5.74) is 0.375. The number of sulfonamides is 1. The van der Waals surface area contributed by atoms with E-state index in [1.54, 1.807) is 18.2 Å². The van der Waals surface area contributed by atoms with Crippen LogP contribution in [0.1, 0.15) is 0 Å². The van der Waals surface area contributed by atoms with Crippen LogP contribution in [0.4, 0.5) is 11.5 Å². The third kappa shape index (κ3) is 3.87. The minimum atomic E-state index is -3.75. The van der Waals surface area contributed by atoms with E-state index in [2.05, 4.69) is 25.6 Å². The highest BCUT2D eigenvalue weighted by molar-refractivity contribution is 9.10. The van der Waals surface area contributed by atoms with E-state index in [0.29, 0.717) is 10.2 Å². The van der Waals surface area contributed by atoms with Crippen molar-refractivity contribution in [1.82, 2.24) is 4.98 Å². The molecule has 0 aliphatic heterocycles. The van der Waals surface area contributed by atoms with Crippen LogP contribution in [0.2, 0.25) is 5.02 Å². The van der Waals surface area contributed by atoms with Gasteiger partial charge in [0.2, 0.25) is 0 Å². The second-order valence-corrected chi connectivity index (χ2v) is 7.45. The van der Waals surface area contributed by atoms with Gasteiger partial charge in [0, 0.05) is 18.6 Å². The fourth-order valence-electron chi connectivity index (χ4n) is 1.61. The van der Waals surface area contributed by atoms with Gasteiger partial charge >= 0.3 is 0 Å². The van der Waals surface area contributed by atoms with E-state index in [-0.39, 0.29) is 9.92 Å². The van der Waals surface area contributed by atoms with Crippen LogP contribution >= 0.6 is 27.5 Å². The van der Waals surface area contributed by atoms with Gasteiger partial charge in [0.15, 0.2) is 0 Å². The van der Waals surface area contributed by atoms with E-state index >= 15 is 0 Å². The third-order valence-electron chi connectivity index (χ3n) is 2.64. The molecule has 0 amide bonds. The maximum Gasteiger partial charge on any atom is 0.263 e. The number of aromatic nitrogens is 1. The number of benzene rings is 1. The number of hydrogen-bond donors (Lipinski definition) is 1. The first-order chi connectivity index (χ1) is 9.79. The summed E-state index contributed by atoms with van der Waals surface area (Å²) in [6.07, 6.45) is 1.46. The van der Waals surface area contributed by atoms with Crippen LogP contribution in [0.5, 0.6) is 0 Å². The minimum absolute atomic E-state index is 0.0176. The predicted octanol–water partition coefficient (Wildman–Crippen LogP) is 3.36. The second kappa shape index (κ2) is 6.21. The first-order valence-corrected chi connectivity index (χ1v) is 8.56. The van der Waals surface area contributed by atoms with Gasteiger partial charge in [0.1, 0.15) is 10.7 Å². The molecular formula is C13H13BrClN3O2S. The Labute approximate surface area is 137 Å². The number of nitrogens with zero attached hydrogens (tertiary/aromatic N) is 2. The molecule has 2 aromatic rings. The summed E-state index contributed by atoms with van der Waals surface area (Å²) in [6.45, 7) is 0. The van der Waals surface area contributed by atoms with Crippen LogP contribution in [0.15, 0.2) is 45.9 Å². The second-order valence-electron chi connectivity index (χ2n) is 4.48. The van der Waals surface area contributed by atoms with Crippen LogP contribution in [-0.4, -0.2) is 27.5 Å². The monoisotopic (exact) mass is 389 g/mol. The fraction of sp³-hybridized carbons (Fsp3) is 0.154. The number of nitrogens with one attached hydrogen (secondary N) is 1. The van der Waals surface area contributed by atoms with Crippen molar-refractivity contribution in [2.75, 3.05) is 23.7 Å². The quantitative estimate of drug-likeness (QED) is 0.869. The van der Waals surface area contributed by atoms with Gasteiger partial charge in [-0.15, -0.1) is 0 Å². The zero-order valence-corrected chi connectivity index (χ0v) is 14.5. The molecule has 5 nitrogen and oxygen atoms in total. The molecule has 0 aliphatic rings. The van der Waals surface area contributed by atoms with E-state index < -0.39 is 10.0 Å². The summed E-state index contributed by atoms with van der Waals surface area (Å²) >= 11 is 9.21. The lowest BCUT2D eigenvalue weighted by Gasteiger charge is -2.13. The van der Waals surface area contributed by atoms with Crippen LogP contribution in [-0.2, 0) is 10.0 Å². The van der Waals surface area contributed by atoms with E-state index in [1.165, 1.54) is 18.3 Å². The first-order valence-electron chi connectivity index (χ1n) is 5.91. The molecule has 112 valence electrons. The van der Waals surface area contributed by atoms with Crippen molar-refractivity contribution >= 4 is 49.1 Å². The van der Waals surface area contributed by atoms with Gasteiger partial charge in [0.25, 0.3) is 10.0 Å². The van der Waals surface area contributed by atoms with Gasteiger partial charge in [0.05, 0.1) is 16.9 Å². The highest BCUT2D eigenvalue weighted by Crippen LogP contribution is 2.27. The molecular weight excluding hydrogens is 378 g/mol. The van der Waals surface area contributed by atoms with Crippen molar-refractivity contribution in [2.24, 2.45) is 0 Å². The lowest BCUT2D eigenvalue weighted by atomic mass is 10.4. The number of halogens is 2. The standard InChI is InChI=1S/C13H13BrClN3O2S/c1-18(2)13-6-4-10(8-16-13)17-21(19,20)12-5-3-9(14)7-11(12)15/h3-8,17H,1-2H3. The van der Waals surface area contributed by atoms with Gasteiger partial charge in [-0.2, -0.15) is 0 Å². The molecule has 0 saturated heterocycles. The summed E-state index contributed by atoms with van der Waals surface area (Å²) in [4.78, 5) is 5.99. The molecule has 0 radical (unpaired) electrons. The van der Waals surface area contributed by atoms with Crippen molar-refractivity contribution in [3.8, 4) is 0 Å². The van der Waals surface area contributed by atoms with Crippen LogP contribution in [0, 0.1) is 0 Å². The number of pyridine rings is 1. The van der Waals surface area contributed by atoms with Gasteiger partial charge in [-0.1, -0.05) is 27.5 Å². The lowest BCUT2D eigenvalue weighted by molar-refractivity contribution is 0.601. The van der Waals surface area contributed by atoms with E-state index in [0.717, 1.165) is 5.82 Å². The highest BCUT2D eigenvalue weighted by Gasteiger charge is 2.18. The summed E-state index contributed by atoms with van der Waals surface area (Å²) < 4.78 is 27.8. The Morgan fingerprint density at radius 2 is 1.95 bits per heavy atom. The largest absolute Gasteiger partial charge is 0.363 e. The molecule has 8 heteroatoms. The van der Waals surface area contributed by atoms with E-state index in [1.807, 2.05) is 19.0 Å². The van der Waals surface area contributed by atoms with Crippen molar-refractivity contribution in [1.29, 1.82) is 0 Å². The van der Waals surface area contributed by atoms with E-state index in [4.69, 9.17) is 11.6 Å².